The highest BCUT2D eigenvalue weighted by atomic mass is 32.1. The van der Waals surface area contributed by atoms with E-state index in [9.17, 15) is 4.79 Å². The van der Waals surface area contributed by atoms with Crippen molar-refractivity contribution < 1.29 is 9.53 Å². The molecule has 1 fully saturated rings. The third kappa shape index (κ3) is 5.04. The molecule has 0 saturated carbocycles. The molecule has 1 saturated heterocycles. The normalized spacial score (nSPS) is 21.3. The van der Waals surface area contributed by atoms with Crippen molar-refractivity contribution in [2.45, 2.75) is 45.8 Å². The van der Waals surface area contributed by atoms with Gasteiger partial charge in [-0.3, -0.25) is 4.79 Å². The quantitative estimate of drug-likeness (QED) is 0.808. The first-order valence-corrected chi connectivity index (χ1v) is 8.92. The van der Waals surface area contributed by atoms with E-state index in [-0.39, 0.29) is 12.0 Å². The van der Waals surface area contributed by atoms with Crippen LogP contribution in [-0.4, -0.2) is 31.1 Å². The molecule has 1 aromatic rings. The van der Waals surface area contributed by atoms with E-state index in [1.165, 1.54) is 12.8 Å². The Balaban J connectivity index is 1.74. The maximum Gasteiger partial charge on any atom is 0.220 e. The summed E-state index contributed by atoms with van der Waals surface area (Å²) in [6.45, 7) is 6.81. The Morgan fingerprint density at radius 2 is 2.41 bits per heavy atom. The van der Waals surface area contributed by atoms with E-state index in [1.807, 2.05) is 12.3 Å². The van der Waals surface area contributed by atoms with Crippen LogP contribution in [0.4, 0.5) is 0 Å². The highest BCUT2D eigenvalue weighted by molar-refractivity contribution is 7.09. The molecule has 3 unspecified atom stereocenters. The maximum atomic E-state index is 12.1. The summed E-state index contributed by atoms with van der Waals surface area (Å²) in [7, 11) is 1.68. The van der Waals surface area contributed by atoms with Gasteiger partial charge in [0.1, 0.15) is 11.1 Å². The van der Waals surface area contributed by atoms with Crippen molar-refractivity contribution in [3.8, 4) is 0 Å². The molecule has 6 heteroatoms. The standard InChI is InChI=1S/C16H27N3O2S/c1-11(13-5-4-6-17-8-13)7-15(20)18-9-14-10-22-16(19-14)12(2)21-3/h10-13,17H,4-9H2,1-3H3,(H,18,20). The summed E-state index contributed by atoms with van der Waals surface area (Å²) in [4.78, 5) is 16.6. The number of thiazole rings is 1. The zero-order chi connectivity index (χ0) is 15.9. The van der Waals surface area contributed by atoms with Crippen molar-refractivity contribution in [2.75, 3.05) is 20.2 Å². The molecular formula is C16H27N3O2S. The number of ether oxygens (including phenoxy) is 1. The van der Waals surface area contributed by atoms with E-state index in [4.69, 9.17) is 4.74 Å². The first kappa shape index (κ1) is 17.4. The molecule has 0 bridgehead atoms. The average molecular weight is 325 g/mol. The highest BCUT2D eigenvalue weighted by Crippen LogP contribution is 2.23. The molecule has 1 aliphatic heterocycles. The third-order valence-electron chi connectivity index (χ3n) is 4.38. The topological polar surface area (TPSA) is 63.2 Å². The first-order valence-electron chi connectivity index (χ1n) is 8.04. The second kappa shape index (κ2) is 8.60. The van der Waals surface area contributed by atoms with Crippen LogP contribution in [0.5, 0.6) is 0 Å². The number of rotatable bonds is 7. The summed E-state index contributed by atoms with van der Waals surface area (Å²) in [5, 5.41) is 9.33. The lowest BCUT2D eigenvalue weighted by Gasteiger charge is -2.27. The second-order valence-electron chi connectivity index (χ2n) is 6.12. The van der Waals surface area contributed by atoms with Gasteiger partial charge >= 0.3 is 0 Å². The first-order chi connectivity index (χ1) is 10.6. The number of nitrogens with one attached hydrogen (secondary N) is 2. The summed E-state index contributed by atoms with van der Waals surface area (Å²) in [6, 6.07) is 0. The van der Waals surface area contributed by atoms with Gasteiger partial charge in [-0.1, -0.05) is 6.92 Å². The molecule has 1 aliphatic rings. The van der Waals surface area contributed by atoms with Gasteiger partial charge in [-0.05, 0) is 44.7 Å². The molecule has 2 N–H and O–H groups in total. The summed E-state index contributed by atoms with van der Waals surface area (Å²) < 4.78 is 5.25. The Kier molecular flexibility index (Phi) is 6.79. The zero-order valence-corrected chi connectivity index (χ0v) is 14.5. The Morgan fingerprint density at radius 3 is 3.09 bits per heavy atom. The van der Waals surface area contributed by atoms with Gasteiger partial charge in [0.15, 0.2) is 0 Å². The molecule has 1 amide bonds. The van der Waals surface area contributed by atoms with Crippen molar-refractivity contribution in [3.63, 3.8) is 0 Å². The van der Waals surface area contributed by atoms with Gasteiger partial charge in [-0.15, -0.1) is 11.3 Å². The molecule has 1 aromatic heterocycles. The minimum Gasteiger partial charge on any atom is -0.375 e. The molecule has 22 heavy (non-hydrogen) atoms. The van der Waals surface area contributed by atoms with Crippen LogP contribution in [-0.2, 0) is 16.1 Å². The van der Waals surface area contributed by atoms with Gasteiger partial charge in [0.2, 0.25) is 5.91 Å². The van der Waals surface area contributed by atoms with Gasteiger partial charge < -0.3 is 15.4 Å². The number of aromatic nitrogens is 1. The van der Waals surface area contributed by atoms with Crippen LogP contribution >= 0.6 is 11.3 Å². The fourth-order valence-electron chi connectivity index (χ4n) is 2.78. The predicted octanol–water partition coefficient (Wildman–Crippen LogP) is 2.49. The van der Waals surface area contributed by atoms with Crippen LogP contribution < -0.4 is 10.6 Å². The van der Waals surface area contributed by atoms with Crippen molar-refractivity contribution >= 4 is 17.2 Å². The van der Waals surface area contributed by atoms with Crippen LogP contribution in [0.25, 0.3) is 0 Å². The highest BCUT2D eigenvalue weighted by Gasteiger charge is 2.22. The number of carbonyl (C=O) groups is 1. The summed E-state index contributed by atoms with van der Waals surface area (Å²) in [5.41, 5.74) is 0.907. The van der Waals surface area contributed by atoms with E-state index in [1.54, 1.807) is 18.4 Å². The minimum atomic E-state index is 0.00766. The molecule has 0 spiro atoms. The lowest BCUT2D eigenvalue weighted by Crippen LogP contribution is -2.35. The van der Waals surface area contributed by atoms with Gasteiger partial charge in [0, 0.05) is 18.9 Å². The molecule has 2 rings (SSSR count). The second-order valence-corrected chi connectivity index (χ2v) is 7.01. The fraction of sp³-hybridized carbons (Fsp3) is 0.750. The molecule has 5 nitrogen and oxygen atoms in total. The number of nitrogens with zero attached hydrogens (tertiary/aromatic N) is 1. The lowest BCUT2D eigenvalue weighted by atomic mass is 9.85. The smallest absolute Gasteiger partial charge is 0.220 e. The summed E-state index contributed by atoms with van der Waals surface area (Å²) >= 11 is 1.57. The van der Waals surface area contributed by atoms with E-state index >= 15 is 0 Å². The van der Waals surface area contributed by atoms with Crippen LogP contribution in [0, 0.1) is 11.8 Å². The monoisotopic (exact) mass is 325 g/mol. The molecule has 124 valence electrons. The minimum absolute atomic E-state index is 0.00766. The molecule has 2 heterocycles. The molecule has 0 aliphatic carbocycles. The van der Waals surface area contributed by atoms with Crippen LogP contribution in [0.2, 0.25) is 0 Å². The molecule has 0 radical (unpaired) electrons. The van der Waals surface area contributed by atoms with Crippen LogP contribution in [0.1, 0.15) is 49.9 Å². The number of piperidine rings is 1. The van der Waals surface area contributed by atoms with Crippen molar-refractivity contribution in [1.82, 2.24) is 15.6 Å². The Hall–Kier alpha value is -0.980. The van der Waals surface area contributed by atoms with E-state index in [0.29, 0.717) is 24.8 Å². The average Bonchev–Trinajstić information content (AvgIpc) is 3.02. The lowest BCUT2D eigenvalue weighted by molar-refractivity contribution is -0.122. The number of hydrogen-bond acceptors (Lipinski definition) is 5. The predicted molar refractivity (Wildman–Crippen MR) is 88.8 cm³/mol. The Labute approximate surface area is 136 Å². The number of methoxy groups -OCH3 is 1. The summed E-state index contributed by atoms with van der Waals surface area (Å²) in [5.74, 6) is 1.16. The fourth-order valence-corrected chi connectivity index (χ4v) is 3.63. The van der Waals surface area contributed by atoms with Gasteiger partial charge in [0.05, 0.1) is 12.2 Å². The Bertz CT molecular complexity index is 472. The van der Waals surface area contributed by atoms with Crippen molar-refractivity contribution in [3.05, 3.63) is 16.1 Å². The maximum absolute atomic E-state index is 12.1. The van der Waals surface area contributed by atoms with Crippen molar-refractivity contribution in [2.24, 2.45) is 11.8 Å². The van der Waals surface area contributed by atoms with Crippen LogP contribution in [0.15, 0.2) is 5.38 Å². The van der Waals surface area contributed by atoms with Crippen molar-refractivity contribution in [1.29, 1.82) is 0 Å². The summed E-state index contributed by atoms with van der Waals surface area (Å²) in [6.07, 6.45) is 3.05. The van der Waals surface area contributed by atoms with Gasteiger partial charge in [0.25, 0.3) is 0 Å². The van der Waals surface area contributed by atoms with E-state index in [0.717, 1.165) is 23.8 Å². The van der Waals surface area contributed by atoms with E-state index < -0.39 is 0 Å². The molecule has 0 aromatic carbocycles. The number of carbonyl (C=O) groups excluding carboxylic acids is 1. The SMILES string of the molecule is COC(C)c1nc(CNC(=O)CC(C)C2CCCNC2)cs1. The van der Waals surface area contributed by atoms with Crippen LogP contribution in [0.3, 0.4) is 0 Å². The molecule has 3 atom stereocenters. The number of hydrogen-bond donors (Lipinski definition) is 2. The largest absolute Gasteiger partial charge is 0.375 e. The zero-order valence-electron chi connectivity index (χ0n) is 13.7. The number of amides is 1. The van der Waals surface area contributed by atoms with Gasteiger partial charge in [-0.2, -0.15) is 0 Å². The molecular weight excluding hydrogens is 298 g/mol. The Morgan fingerprint density at radius 1 is 1.59 bits per heavy atom. The third-order valence-corrected chi connectivity index (χ3v) is 5.44. The van der Waals surface area contributed by atoms with E-state index in [2.05, 4.69) is 22.5 Å². The van der Waals surface area contributed by atoms with Gasteiger partial charge in [-0.25, -0.2) is 4.98 Å².